The van der Waals surface area contributed by atoms with Crippen molar-refractivity contribution in [2.24, 2.45) is 5.16 Å². The molecule has 4 rings (SSSR count). The van der Waals surface area contributed by atoms with Gasteiger partial charge in [0.05, 0.1) is 6.26 Å². The Morgan fingerprint density at radius 1 is 0.833 bits per heavy atom. The van der Waals surface area contributed by atoms with E-state index in [-0.39, 0.29) is 12.7 Å². The molecule has 0 fully saturated rings. The van der Waals surface area contributed by atoms with Gasteiger partial charge in [0, 0.05) is 12.1 Å². The van der Waals surface area contributed by atoms with E-state index in [2.05, 4.69) is 5.16 Å². The first-order valence-electron chi connectivity index (χ1n) is 9.45. The molecule has 0 aromatic heterocycles. The van der Waals surface area contributed by atoms with Crippen molar-refractivity contribution in [3.8, 4) is 28.7 Å². The first-order chi connectivity index (χ1) is 14.7. The molecule has 0 aliphatic carbocycles. The maximum Gasteiger partial charge on any atom is 0.259 e. The van der Waals surface area contributed by atoms with Crippen LogP contribution in [-0.4, -0.2) is 12.7 Å². The van der Waals surface area contributed by atoms with Crippen LogP contribution in [0.3, 0.4) is 0 Å². The molecule has 0 radical (unpaired) electrons. The standard InChI is InChI=1S/C24H21NO5/c1-17-6-8-19(9-7-17)26-13-12-24(29-20-5-3-4-18(2)14-20)25-30-21-10-11-22-23(15-21)28-16-27-22/h3-15H,16H2,1-2H3. The number of hydrogen-bond acceptors (Lipinski definition) is 6. The van der Waals surface area contributed by atoms with Crippen molar-refractivity contribution in [3.05, 3.63) is 90.2 Å². The summed E-state index contributed by atoms with van der Waals surface area (Å²) in [6, 6.07) is 20.6. The molecular formula is C24H21NO5. The van der Waals surface area contributed by atoms with E-state index in [0.717, 1.165) is 11.1 Å². The van der Waals surface area contributed by atoms with Gasteiger partial charge < -0.3 is 23.8 Å². The number of benzene rings is 3. The highest BCUT2D eigenvalue weighted by Gasteiger charge is 2.14. The van der Waals surface area contributed by atoms with Gasteiger partial charge in [0.1, 0.15) is 11.5 Å². The van der Waals surface area contributed by atoms with Gasteiger partial charge in [0.2, 0.25) is 6.79 Å². The molecule has 0 saturated heterocycles. The molecule has 6 nitrogen and oxygen atoms in total. The molecule has 0 saturated carbocycles. The summed E-state index contributed by atoms with van der Waals surface area (Å²) in [4.78, 5) is 5.53. The molecule has 1 aliphatic heterocycles. The molecule has 0 spiro atoms. The lowest BCUT2D eigenvalue weighted by molar-refractivity contribution is 0.173. The van der Waals surface area contributed by atoms with Crippen LogP contribution < -0.4 is 23.8 Å². The van der Waals surface area contributed by atoms with Crippen LogP contribution >= 0.6 is 0 Å². The zero-order chi connectivity index (χ0) is 20.8. The minimum absolute atomic E-state index is 0.197. The van der Waals surface area contributed by atoms with Gasteiger partial charge in [0.25, 0.3) is 5.90 Å². The Morgan fingerprint density at radius 2 is 1.63 bits per heavy atom. The third-order valence-corrected chi connectivity index (χ3v) is 4.23. The van der Waals surface area contributed by atoms with Crippen LogP contribution in [0.1, 0.15) is 11.1 Å². The largest absolute Gasteiger partial charge is 0.465 e. The minimum atomic E-state index is 0.197. The lowest BCUT2D eigenvalue weighted by Crippen LogP contribution is -2.08. The van der Waals surface area contributed by atoms with Crippen LogP contribution in [0.25, 0.3) is 0 Å². The van der Waals surface area contributed by atoms with Crippen molar-refractivity contribution in [2.75, 3.05) is 6.79 Å². The molecule has 1 aliphatic rings. The van der Waals surface area contributed by atoms with E-state index in [1.807, 2.05) is 62.4 Å². The number of rotatable bonds is 6. The summed E-state index contributed by atoms with van der Waals surface area (Å²) in [5.74, 6) is 3.37. The summed E-state index contributed by atoms with van der Waals surface area (Å²) >= 11 is 0. The first-order valence-corrected chi connectivity index (χ1v) is 9.45. The van der Waals surface area contributed by atoms with Crippen LogP contribution in [-0.2, 0) is 0 Å². The zero-order valence-electron chi connectivity index (χ0n) is 16.7. The fourth-order valence-corrected chi connectivity index (χ4v) is 2.70. The van der Waals surface area contributed by atoms with Gasteiger partial charge in [-0.2, -0.15) is 0 Å². The second-order valence-electron chi connectivity index (χ2n) is 6.69. The van der Waals surface area contributed by atoms with Gasteiger partial charge in [-0.3, -0.25) is 0 Å². The molecular weight excluding hydrogens is 382 g/mol. The summed E-state index contributed by atoms with van der Waals surface area (Å²) in [6.45, 7) is 4.21. The van der Waals surface area contributed by atoms with Crippen molar-refractivity contribution < 1.29 is 23.8 Å². The lowest BCUT2D eigenvalue weighted by Gasteiger charge is -2.07. The molecule has 3 aromatic carbocycles. The van der Waals surface area contributed by atoms with Gasteiger partial charge in [-0.25, -0.2) is 0 Å². The van der Waals surface area contributed by atoms with Crippen molar-refractivity contribution in [1.82, 2.24) is 0 Å². The average molecular weight is 403 g/mol. The van der Waals surface area contributed by atoms with E-state index in [0.29, 0.717) is 28.7 Å². The van der Waals surface area contributed by atoms with E-state index >= 15 is 0 Å². The molecule has 6 heteroatoms. The highest BCUT2D eigenvalue weighted by Crippen LogP contribution is 2.35. The van der Waals surface area contributed by atoms with E-state index < -0.39 is 0 Å². The van der Waals surface area contributed by atoms with E-state index in [1.165, 1.54) is 6.26 Å². The maximum absolute atomic E-state index is 5.87. The summed E-state index contributed by atoms with van der Waals surface area (Å²) in [6.07, 6.45) is 3.09. The van der Waals surface area contributed by atoms with E-state index in [1.54, 1.807) is 24.3 Å². The van der Waals surface area contributed by atoms with Gasteiger partial charge in [-0.1, -0.05) is 29.8 Å². The number of nitrogens with zero attached hydrogens (tertiary/aromatic N) is 1. The highest BCUT2D eigenvalue weighted by molar-refractivity contribution is 5.89. The normalized spacial score (nSPS) is 12.8. The molecule has 1 heterocycles. The Kier molecular flexibility index (Phi) is 5.85. The number of fused-ring (bicyclic) bond motifs is 1. The summed E-state index contributed by atoms with van der Waals surface area (Å²) < 4.78 is 22.2. The Bertz CT molecular complexity index is 1070. The monoisotopic (exact) mass is 403 g/mol. The number of aryl methyl sites for hydroxylation is 2. The van der Waals surface area contributed by atoms with Gasteiger partial charge in [0.15, 0.2) is 17.2 Å². The van der Waals surface area contributed by atoms with Gasteiger partial charge in [-0.15, -0.1) is 0 Å². The Morgan fingerprint density at radius 3 is 2.47 bits per heavy atom. The Balaban J connectivity index is 1.50. The van der Waals surface area contributed by atoms with Crippen LogP contribution in [0.5, 0.6) is 28.7 Å². The Labute approximate surface area is 174 Å². The molecule has 0 N–H and O–H groups in total. The second kappa shape index (κ2) is 9.05. The fraction of sp³-hybridized carbons (Fsp3) is 0.125. The van der Waals surface area contributed by atoms with Crippen LogP contribution in [0, 0.1) is 13.8 Å². The lowest BCUT2D eigenvalue weighted by atomic mass is 10.2. The molecule has 152 valence electrons. The smallest absolute Gasteiger partial charge is 0.259 e. The predicted molar refractivity (Wildman–Crippen MR) is 113 cm³/mol. The SMILES string of the molecule is Cc1ccc(OC=CC(=NOc2ccc3c(c2)OCO3)Oc2cccc(C)c2)cc1. The van der Waals surface area contributed by atoms with Crippen molar-refractivity contribution in [3.63, 3.8) is 0 Å². The number of oxime groups is 1. The predicted octanol–water partition coefficient (Wildman–Crippen LogP) is 5.40. The summed E-state index contributed by atoms with van der Waals surface area (Å²) in [5.41, 5.74) is 2.23. The molecule has 0 atom stereocenters. The van der Waals surface area contributed by atoms with Gasteiger partial charge >= 0.3 is 0 Å². The zero-order valence-corrected chi connectivity index (χ0v) is 16.7. The third kappa shape index (κ3) is 5.11. The molecule has 0 amide bonds. The van der Waals surface area contributed by atoms with E-state index in [4.69, 9.17) is 23.8 Å². The van der Waals surface area contributed by atoms with Crippen molar-refractivity contribution in [2.45, 2.75) is 13.8 Å². The van der Waals surface area contributed by atoms with Crippen LogP contribution in [0.4, 0.5) is 0 Å². The summed E-state index contributed by atoms with van der Waals surface area (Å²) in [7, 11) is 0. The fourth-order valence-electron chi connectivity index (χ4n) is 2.70. The molecule has 0 unspecified atom stereocenters. The number of hydrogen-bond donors (Lipinski definition) is 0. The molecule has 3 aromatic rings. The maximum atomic E-state index is 5.87. The van der Waals surface area contributed by atoms with Crippen LogP contribution in [0.2, 0.25) is 0 Å². The quantitative estimate of drug-likeness (QED) is 0.239. The second-order valence-corrected chi connectivity index (χ2v) is 6.69. The summed E-state index contributed by atoms with van der Waals surface area (Å²) in [5, 5.41) is 4.12. The topological polar surface area (TPSA) is 58.5 Å². The third-order valence-electron chi connectivity index (χ3n) is 4.23. The van der Waals surface area contributed by atoms with Crippen LogP contribution in [0.15, 0.2) is 84.2 Å². The van der Waals surface area contributed by atoms with Gasteiger partial charge in [-0.05, 0) is 61.0 Å². The number of ether oxygens (including phenoxy) is 4. The first kappa shape index (κ1) is 19.4. The van der Waals surface area contributed by atoms with Crippen molar-refractivity contribution in [1.29, 1.82) is 0 Å². The average Bonchev–Trinajstić information content (AvgIpc) is 3.21. The minimum Gasteiger partial charge on any atom is -0.465 e. The highest BCUT2D eigenvalue weighted by atomic mass is 16.7. The van der Waals surface area contributed by atoms with E-state index in [9.17, 15) is 0 Å². The van der Waals surface area contributed by atoms with Crippen molar-refractivity contribution >= 4 is 5.90 Å². The molecule has 30 heavy (non-hydrogen) atoms. The molecule has 0 bridgehead atoms. The Hall–Kier alpha value is -3.93.